The van der Waals surface area contributed by atoms with Crippen LogP contribution in [-0.4, -0.2) is 11.4 Å². The summed E-state index contributed by atoms with van der Waals surface area (Å²) in [6.45, 7) is 0. The van der Waals surface area contributed by atoms with Crippen LogP contribution < -0.4 is 0 Å². The van der Waals surface area contributed by atoms with E-state index in [4.69, 9.17) is 0 Å². The van der Waals surface area contributed by atoms with Crippen LogP contribution in [0.4, 0.5) is 0 Å². The number of aldehydes is 1. The molecule has 2 nitrogen and oxygen atoms in total. The fourth-order valence-corrected chi connectivity index (χ4v) is 2.69. The first-order valence-electron chi connectivity index (χ1n) is 4.69. The van der Waals surface area contributed by atoms with Crippen LogP contribution in [-0.2, 0) is 11.2 Å². The number of hydrogen-bond acceptors (Lipinski definition) is 2. The Labute approximate surface area is 91.1 Å². The van der Waals surface area contributed by atoms with Gasteiger partial charge in [0.2, 0.25) is 0 Å². The summed E-state index contributed by atoms with van der Waals surface area (Å²) in [6, 6.07) is 3.39. The smallest absolute Gasteiger partial charge is 0.127 e. The second-order valence-electron chi connectivity index (χ2n) is 3.63. The van der Waals surface area contributed by atoms with Crippen molar-refractivity contribution in [1.29, 1.82) is 0 Å². The highest BCUT2D eigenvalue weighted by Gasteiger charge is 2.21. The number of fused-ring (bicyclic) bond motifs is 1. The molecule has 1 aliphatic carbocycles. The molecule has 1 atom stereocenters. The fraction of sp³-hybridized carbons (Fsp3) is 0.364. The van der Waals surface area contributed by atoms with Crippen LogP contribution in [0.1, 0.15) is 29.9 Å². The minimum absolute atomic E-state index is 0.0397. The molecule has 74 valence electrons. The van der Waals surface area contributed by atoms with Crippen LogP contribution in [0.25, 0.3) is 0 Å². The molecule has 1 aliphatic rings. The standard InChI is InChI=1S/C11H11BrO2/c12-11-5-8(14)4-10-7(6-13)2-1-3-9(10)11/h4-7,14H,1-3H2. The lowest BCUT2D eigenvalue weighted by Gasteiger charge is -2.22. The normalized spacial score (nSPS) is 20.2. The number of rotatable bonds is 1. The molecule has 0 amide bonds. The fourth-order valence-electron chi connectivity index (χ4n) is 2.03. The number of phenolic OH excluding ortho intramolecular Hbond substituents is 1. The van der Waals surface area contributed by atoms with Gasteiger partial charge in [0.05, 0.1) is 0 Å². The van der Waals surface area contributed by atoms with Gasteiger partial charge in [-0.25, -0.2) is 0 Å². The Hall–Kier alpha value is -0.830. The topological polar surface area (TPSA) is 37.3 Å². The summed E-state index contributed by atoms with van der Waals surface area (Å²) in [7, 11) is 0. The lowest BCUT2D eigenvalue weighted by molar-refractivity contribution is -0.109. The molecule has 0 aromatic heterocycles. The van der Waals surface area contributed by atoms with E-state index in [2.05, 4.69) is 15.9 Å². The predicted octanol–water partition coefficient (Wildman–Crippen LogP) is 2.77. The van der Waals surface area contributed by atoms with Gasteiger partial charge in [0.15, 0.2) is 0 Å². The van der Waals surface area contributed by atoms with E-state index in [1.807, 2.05) is 0 Å². The van der Waals surface area contributed by atoms with E-state index in [9.17, 15) is 9.90 Å². The average Bonchev–Trinajstić information content (AvgIpc) is 2.17. The Morgan fingerprint density at radius 1 is 1.50 bits per heavy atom. The third-order valence-electron chi connectivity index (χ3n) is 2.72. The highest BCUT2D eigenvalue weighted by Crippen LogP contribution is 2.37. The van der Waals surface area contributed by atoms with E-state index >= 15 is 0 Å². The highest BCUT2D eigenvalue weighted by atomic mass is 79.9. The summed E-state index contributed by atoms with van der Waals surface area (Å²) in [6.07, 6.45) is 3.90. The molecule has 1 aromatic rings. The number of carbonyl (C=O) groups is 1. The van der Waals surface area contributed by atoms with Gasteiger partial charge >= 0.3 is 0 Å². The van der Waals surface area contributed by atoms with E-state index in [1.165, 1.54) is 5.56 Å². The largest absolute Gasteiger partial charge is 0.508 e. The second-order valence-corrected chi connectivity index (χ2v) is 4.48. The van der Waals surface area contributed by atoms with E-state index in [0.29, 0.717) is 0 Å². The summed E-state index contributed by atoms with van der Waals surface area (Å²) in [5, 5.41) is 9.44. The van der Waals surface area contributed by atoms with Gasteiger partial charge in [-0.15, -0.1) is 0 Å². The summed E-state index contributed by atoms with van der Waals surface area (Å²) in [4.78, 5) is 10.8. The van der Waals surface area contributed by atoms with Crippen LogP contribution in [0.15, 0.2) is 16.6 Å². The monoisotopic (exact) mass is 254 g/mol. The molecule has 0 aliphatic heterocycles. The van der Waals surface area contributed by atoms with Gasteiger partial charge in [0.1, 0.15) is 12.0 Å². The zero-order chi connectivity index (χ0) is 10.1. The van der Waals surface area contributed by atoms with Gasteiger partial charge in [-0.1, -0.05) is 15.9 Å². The number of phenols is 1. The van der Waals surface area contributed by atoms with Crippen LogP contribution in [0.3, 0.4) is 0 Å². The van der Waals surface area contributed by atoms with Crippen molar-refractivity contribution in [2.75, 3.05) is 0 Å². The van der Waals surface area contributed by atoms with Crippen LogP contribution in [0, 0.1) is 0 Å². The Balaban J connectivity index is 2.56. The molecule has 3 heteroatoms. The van der Waals surface area contributed by atoms with Crippen molar-refractivity contribution >= 4 is 22.2 Å². The first kappa shape index (κ1) is 9.71. The lowest BCUT2D eigenvalue weighted by Crippen LogP contribution is -2.11. The van der Waals surface area contributed by atoms with Crippen LogP contribution in [0.5, 0.6) is 5.75 Å². The van der Waals surface area contributed by atoms with Gasteiger partial charge in [-0.3, -0.25) is 0 Å². The zero-order valence-electron chi connectivity index (χ0n) is 7.66. The minimum atomic E-state index is -0.0397. The van der Waals surface area contributed by atoms with Crippen molar-refractivity contribution in [1.82, 2.24) is 0 Å². The second kappa shape index (κ2) is 3.73. The lowest BCUT2D eigenvalue weighted by atomic mass is 9.83. The zero-order valence-corrected chi connectivity index (χ0v) is 9.25. The first-order chi connectivity index (χ1) is 6.72. The summed E-state index contributed by atoms with van der Waals surface area (Å²) in [5.74, 6) is 0.187. The van der Waals surface area contributed by atoms with Gasteiger partial charge in [0.25, 0.3) is 0 Å². The number of carbonyl (C=O) groups excluding carboxylic acids is 1. The highest BCUT2D eigenvalue weighted by molar-refractivity contribution is 9.10. The molecule has 1 aromatic carbocycles. The van der Waals surface area contributed by atoms with Gasteiger partial charge < -0.3 is 9.90 Å². The van der Waals surface area contributed by atoms with Gasteiger partial charge in [0, 0.05) is 10.4 Å². The molecule has 0 fully saturated rings. The summed E-state index contributed by atoms with van der Waals surface area (Å²) in [5.41, 5.74) is 2.16. The van der Waals surface area contributed by atoms with E-state index in [-0.39, 0.29) is 11.7 Å². The van der Waals surface area contributed by atoms with Crippen molar-refractivity contribution in [3.05, 3.63) is 27.7 Å². The van der Waals surface area contributed by atoms with Gasteiger partial charge in [-0.2, -0.15) is 0 Å². The van der Waals surface area contributed by atoms with E-state index in [0.717, 1.165) is 35.6 Å². The maximum Gasteiger partial charge on any atom is 0.127 e. The molecule has 1 N–H and O–H groups in total. The Morgan fingerprint density at radius 3 is 3.00 bits per heavy atom. The maximum absolute atomic E-state index is 10.8. The van der Waals surface area contributed by atoms with Gasteiger partial charge in [-0.05, 0) is 42.5 Å². The quantitative estimate of drug-likeness (QED) is 0.783. The maximum atomic E-state index is 10.8. The minimum Gasteiger partial charge on any atom is -0.508 e. The molecule has 1 unspecified atom stereocenters. The summed E-state index contributed by atoms with van der Waals surface area (Å²) >= 11 is 3.41. The molecule has 0 saturated heterocycles. The summed E-state index contributed by atoms with van der Waals surface area (Å²) < 4.78 is 0.916. The Kier molecular flexibility index (Phi) is 2.59. The van der Waals surface area contributed by atoms with Crippen molar-refractivity contribution in [2.24, 2.45) is 0 Å². The first-order valence-corrected chi connectivity index (χ1v) is 5.48. The molecule has 0 spiro atoms. The van der Waals surface area contributed by atoms with Crippen molar-refractivity contribution < 1.29 is 9.90 Å². The molecule has 0 radical (unpaired) electrons. The molecular formula is C11H11BrO2. The SMILES string of the molecule is O=CC1CCCc2c(Br)cc(O)cc21. The number of benzene rings is 1. The molecule has 0 heterocycles. The third kappa shape index (κ3) is 1.57. The predicted molar refractivity (Wildman–Crippen MR) is 57.5 cm³/mol. The Morgan fingerprint density at radius 2 is 2.29 bits per heavy atom. The van der Waals surface area contributed by atoms with Crippen molar-refractivity contribution in [2.45, 2.75) is 25.2 Å². The third-order valence-corrected chi connectivity index (χ3v) is 3.43. The Bertz CT molecular complexity index is 374. The molecule has 0 saturated carbocycles. The van der Waals surface area contributed by atoms with Crippen LogP contribution >= 0.6 is 15.9 Å². The number of aromatic hydroxyl groups is 1. The van der Waals surface area contributed by atoms with Crippen LogP contribution in [0.2, 0.25) is 0 Å². The van der Waals surface area contributed by atoms with Crippen molar-refractivity contribution in [3.8, 4) is 5.75 Å². The molecular weight excluding hydrogens is 244 g/mol. The number of hydrogen-bond donors (Lipinski definition) is 1. The average molecular weight is 255 g/mol. The molecule has 2 rings (SSSR count). The van der Waals surface area contributed by atoms with E-state index in [1.54, 1.807) is 12.1 Å². The molecule has 0 bridgehead atoms. The number of halogens is 1. The van der Waals surface area contributed by atoms with E-state index < -0.39 is 0 Å². The molecule has 14 heavy (non-hydrogen) atoms. The van der Waals surface area contributed by atoms with Crippen molar-refractivity contribution in [3.63, 3.8) is 0 Å².